The van der Waals surface area contributed by atoms with Gasteiger partial charge in [0.15, 0.2) is 0 Å². The Balaban J connectivity index is 1.69. The average molecular weight is 569 g/mol. The molecule has 1 unspecified atom stereocenters. The second kappa shape index (κ2) is 10.9. The van der Waals surface area contributed by atoms with Gasteiger partial charge in [-0.3, -0.25) is 0 Å². The number of pyridine rings is 1. The number of aryl methyl sites for hydroxylation is 2. The van der Waals surface area contributed by atoms with Crippen molar-refractivity contribution in [2.75, 3.05) is 6.61 Å². The Morgan fingerprint density at radius 1 is 1.21 bits per heavy atom. The molecule has 186 valence electrons. The van der Waals surface area contributed by atoms with Crippen LogP contribution in [0.2, 0.25) is 25.7 Å². The second-order valence-corrected chi connectivity index (χ2v) is 18.0. The molecule has 0 saturated carbocycles. The number of benzene rings is 1. The lowest BCUT2D eigenvalue weighted by Gasteiger charge is -2.17. The van der Waals surface area contributed by atoms with Crippen LogP contribution >= 0.6 is 15.9 Å². The van der Waals surface area contributed by atoms with Gasteiger partial charge in [-0.2, -0.15) is 4.98 Å². The molecule has 1 atom stereocenters. The first kappa shape index (κ1) is 26.9. The number of halogens is 1. The van der Waals surface area contributed by atoms with E-state index in [0.29, 0.717) is 31.0 Å². The number of hydrogen-bond donors (Lipinski definition) is 1. The Kier molecular flexibility index (Phi) is 8.62. The van der Waals surface area contributed by atoms with Crippen LogP contribution in [0.1, 0.15) is 24.5 Å². The zero-order valence-corrected chi connectivity index (χ0v) is 23.9. The number of sulfonamides is 1. The molecule has 0 spiro atoms. The van der Waals surface area contributed by atoms with Crippen LogP contribution in [-0.2, 0) is 27.9 Å². The van der Waals surface area contributed by atoms with Crippen molar-refractivity contribution in [2.45, 2.75) is 70.1 Å². The maximum atomic E-state index is 11.9. The van der Waals surface area contributed by atoms with Crippen molar-refractivity contribution in [1.82, 2.24) is 9.55 Å². The third-order valence-corrected chi connectivity index (χ3v) is 8.82. The number of hydrogen-bond acceptors (Lipinski definition) is 5. The molecule has 0 saturated heterocycles. The van der Waals surface area contributed by atoms with Crippen LogP contribution < -0.4 is 9.88 Å². The van der Waals surface area contributed by atoms with Gasteiger partial charge in [0, 0.05) is 26.3 Å². The fourth-order valence-corrected chi connectivity index (χ4v) is 5.56. The van der Waals surface area contributed by atoms with E-state index in [1.54, 1.807) is 12.1 Å². The molecule has 3 rings (SSSR count). The molecule has 0 aliphatic carbocycles. The van der Waals surface area contributed by atoms with Gasteiger partial charge in [-0.15, -0.1) is 0 Å². The molecule has 0 aliphatic heterocycles. The summed E-state index contributed by atoms with van der Waals surface area (Å²) in [6.07, 6.45) is 2.92. The first-order chi connectivity index (χ1) is 15.8. The monoisotopic (exact) mass is 567 g/mol. The van der Waals surface area contributed by atoms with Gasteiger partial charge in [0.1, 0.15) is 12.4 Å². The number of aromatic nitrogens is 2. The normalized spacial score (nSPS) is 13.4. The SMILES string of the molecule is Cc1ccc(S(N)(=O)=O)c(CCC(C)Oc2nc3c(ccn3COCC[Si](C)(C)C)cc2Br)c1. The highest BCUT2D eigenvalue weighted by Gasteiger charge is 2.17. The second-order valence-electron chi connectivity index (χ2n) is 9.95. The van der Waals surface area contributed by atoms with Crippen molar-refractivity contribution < 1.29 is 17.9 Å². The molecule has 0 fully saturated rings. The van der Waals surface area contributed by atoms with Crippen molar-refractivity contribution >= 4 is 45.1 Å². The highest BCUT2D eigenvalue weighted by atomic mass is 79.9. The maximum absolute atomic E-state index is 11.9. The first-order valence-electron chi connectivity index (χ1n) is 11.4. The molecular weight excluding hydrogens is 534 g/mol. The molecule has 2 aromatic heterocycles. The number of ether oxygens (including phenoxy) is 2. The summed E-state index contributed by atoms with van der Waals surface area (Å²) >= 11 is 3.56. The van der Waals surface area contributed by atoms with Gasteiger partial charge >= 0.3 is 0 Å². The third-order valence-electron chi connectivity index (χ3n) is 5.54. The minimum atomic E-state index is -3.78. The zero-order chi connectivity index (χ0) is 25.1. The van der Waals surface area contributed by atoms with E-state index in [1.807, 2.05) is 42.8 Å². The van der Waals surface area contributed by atoms with Crippen LogP contribution in [0.15, 0.2) is 45.9 Å². The van der Waals surface area contributed by atoms with Crippen molar-refractivity contribution in [3.63, 3.8) is 0 Å². The van der Waals surface area contributed by atoms with E-state index in [9.17, 15) is 8.42 Å². The molecule has 3 aromatic rings. The topological polar surface area (TPSA) is 96.4 Å². The van der Waals surface area contributed by atoms with Crippen LogP contribution in [0.4, 0.5) is 0 Å². The lowest BCUT2D eigenvalue weighted by molar-refractivity contribution is 0.0897. The molecule has 0 bridgehead atoms. The van der Waals surface area contributed by atoms with Gasteiger partial charge in [-0.1, -0.05) is 37.3 Å². The molecule has 0 radical (unpaired) electrons. The molecule has 0 amide bonds. The first-order valence-corrected chi connectivity index (χ1v) is 17.4. The molecule has 2 heterocycles. The van der Waals surface area contributed by atoms with Crippen molar-refractivity contribution in [1.29, 1.82) is 0 Å². The Morgan fingerprint density at radius 2 is 1.94 bits per heavy atom. The number of rotatable bonds is 11. The van der Waals surface area contributed by atoms with Crippen molar-refractivity contribution in [3.05, 3.63) is 52.1 Å². The van der Waals surface area contributed by atoms with E-state index in [1.165, 1.54) is 0 Å². The van der Waals surface area contributed by atoms with Crippen LogP contribution in [0.3, 0.4) is 0 Å². The van der Waals surface area contributed by atoms with Crippen LogP contribution in [0.25, 0.3) is 11.0 Å². The van der Waals surface area contributed by atoms with Gasteiger partial charge in [0.05, 0.1) is 15.5 Å². The van der Waals surface area contributed by atoms with E-state index >= 15 is 0 Å². The van der Waals surface area contributed by atoms with Crippen molar-refractivity contribution in [2.24, 2.45) is 5.14 Å². The minimum absolute atomic E-state index is 0.165. The largest absolute Gasteiger partial charge is 0.474 e. The van der Waals surface area contributed by atoms with Gasteiger partial charge in [0.2, 0.25) is 15.9 Å². The predicted octanol–water partition coefficient (Wildman–Crippen LogP) is 5.47. The van der Waals surface area contributed by atoms with Gasteiger partial charge in [-0.05, 0) is 72.4 Å². The lowest BCUT2D eigenvalue weighted by atomic mass is 10.1. The fraction of sp³-hybridized carbons (Fsp3) is 0.458. The van der Waals surface area contributed by atoms with Gasteiger partial charge < -0.3 is 14.0 Å². The van der Waals surface area contributed by atoms with Gasteiger partial charge in [0.25, 0.3) is 0 Å². The minimum Gasteiger partial charge on any atom is -0.474 e. The van der Waals surface area contributed by atoms with E-state index < -0.39 is 18.1 Å². The van der Waals surface area contributed by atoms with E-state index in [0.717, 1.165) is 33.7 Å². The highest BCUT2D eigenvalue weighted by molar-refractivity contribution is 9.10. The summed E-state index contributed by atoms with van der Waals surface area (Å²) in [6.45, 7) is 12.1. The van der Waals surface area contributed by atoms with Crippen LogP contribution in [0, 0.1) is 6.92 Å². The summed E-state index contributed by atoms with van der Waals surface area (Å²) in [5.74, 6) is 0.498. The van der Waals surface area contributed by atoms with E-state index in [2.05, 4.69) is 35.6 Å². The summed E-state index contributed by atoms with van der Waals surface area (Å²) in [4.78, 5) is 4.90. The molecular formula is C24H34BrN3O4SSi. The average Bonchev–Trinajstić information content (AvgIpc) is 3.10. The molecule has 10 heteroatoms. The summed E-state index contributed by atoms with van der Waals surface area (Å²) < 4.78 is 38.7. The van der Waals surface area contributed by atoms with Crippen molar-refractivity contribution in [3.8, 4) is 5.88 Å². The standard InChI is InChI=1S/C24H34BrN3O4SSi/c1-17-6-9-22(33(26,29)30)19(14-17)8-7-18(2)32-24-21(25)15-20-10-11-28(23(20)27-24)16-31-12-13-34(3,4)5/h6,9-11,14-15,18H,7-8,12-13,16H2,1-5H3,(H2,26,29,30). The summed E-state index contributed by atoms with van der Waals surface area (Å²) in [7, 11) is -4.91. The third kappa shape index (κ3) is 7.39. The Hall–Kier alpha value is -1.72. The number of fused-ring (bicyclic) bond motifs is 1. The quantitative estimate of drug-likeness (QED) is 0.245. The maximum Gasteiger partial charge on any atom is 0.238 e. The molecule has 2 N–H and O–H groups in total. The number of primary sulfonamides is 1. The summed E-state index contributed by atoms with van der Waals surface area (Å²) in [6, 6.07) is 10.3. The van der Waals surface area contributed by atoms with E-state index in [4.69, 9.17) is 19.6 Å². The van der Waals surface area contributed by atoms with Gasteiger partial charge in [-0.25, -0.2) is 13.6 Å². The lowest BCUT2D eigenvalue weighted by Crippen LogP contribution is -2.22. The smallest absolute Gasteiger partial charge is 0.238 e. The zero-order valence-electron chi connectivity index (χ0n) is 20.5. The Labute approximate surface area is 211 Å². The van der Waals surface area contributed by atoms with E-state index in [-0.39, 0.29) is 11.0 Å². The summed E-state index contributed by atoms with van der Waals surface area (Å²) in [5.41, 5.74) is 2.48. The Bertz CT molecular complexity index is 1260. The molecule has 0 aliphatic rings. The number of nitrogens with two attached hydrogens (primary N) is 1. The molecule has 7 nitrogen and oxygen atoms in total. The van der Waals surface area contributed by atoms with Crippen LogP contribution in [-0.4, -0.2) is 38.8 Å². The van der Waals surface area contributed by atoms with Crippen LogP contribution in [0.5, 0.6) is 5.88 Å². The Morgan fingerprint density at radius 3 is 2.62 bits per heavy atom. The highest BCUT2D eigenvalue weighted by Crippen LogP contribution is 2.29. The molecule has 34 heavy (non-hydrogen) atoms. The predicted molar refractivity (Wildman–Crippen MR) is 143 cm³/mol. The fourth-order valence-electron chi connectivity index (χ4n) is 3.59. The summed E-state index contributed by atoms with van der Waals surface area (Å²) in [5, 5.41) is 6.39. The molecule has 1 aromatic carbocycles. The number of nitrogens with zero attached hydrogens (tertiary/aromatic N) is 2.